The van der Waals surface area contributed by atoms with Gasteiger partial charge in [-0.1, -0.05) is 54.6 Å². The van der Waals surface area contributed by atoms with Crippen molar-refractivity contribution in [3.05, 3.63) is 84.4 Å². The van der Waals surface area contributed by atoms with Crippen molar-refractivity contribution in [2.24, 2.45) is 0 Å². The maximum Gasteiger partial charge on any atom is 0.204 e. The third kappa shape index (κ3) is 3.55. The van der Waals surface area contributed by atoms with Crippen molar-refractivity contribution in [3.63, 3.8) is 0 Å². The Bertz CT molecular complexity index is 914. The number of H-pyrrole nitrogens is 1. The minimum atomic E-state index is 0.600. The number of nitrogens with zero attached hydrogens (tertiary/aromatic N) is 3. The average molecular weight is 327 g/mol. The molecule has 0 spiro atoms. The second kappa shape index (κ2) is 6.97. The van der Waals surface area contributed by atoms with Crippen LogP contribution >= 0.6 is 0 Å². The van der Waals surface area contributed by atoms with Gasteiger partial charge in [0.2, 0.25) is 5.82 Å². The summed E-state index contributed by atoms with van der Waals surface area (Å²) in [5.41, 5.74) is 5.70. The second-order valence-electron chi connectivity index (χ2n) is 5.73. The monoisotopic (exact) mass is 327 g/mol. The van der Waals surface area contributed by atoms with E-state index < -0.39 is 0 Å². The largest absolute Gasteiger partial charge is 0.381 e. The topological polar surface area (TPSA) is 66.5 Å². The van der Waals surface area contributed by atoms with Crippen LogP contribution in [0.1, 0.15) is 5.56 Å². The number of tetrazole rings is 1. The molecular formula is C20H17N5. The van der Waals surface area contributed by atoms with Gasteiger partial charge in [-0.2, -0.15) is 5.21 Å². The maximum atomic E-state index is 3.98. The fourth-order valence-corrected chi connectivity index (χ4v) is 2.67. The van der Waals surface area contributed by atoms with Crippen LogP contribution in [-0.4, -0.2) is 20.6 Å². The van der Waals surface area contributed by atoms with Gasteiger partial charge in [-0.3, -0.25) is 0 Å². The summed E-state index contributed by atoms with van der Waals surface area (Å²) in [5, 5.41) is 17.4. The first-order chi connectivity index (χ1) is 12.4. The molecule has 1 heterocycles. The first-order valence-electron chi connectivity index (χ1n) is 8.10. The van der Waals surface area contributed by atoms with E-state index in [9.17, 15) is 0 Å². The zero-order valence-electron chi connectivity index (χ0n) is 13.6. The lowest BCUT2D eigenvalue weighted by molar-refractivity contribution is 0.881. The van der Waals surface area contributed by atoms with Crippen LogP contribution in [0.3, 0.4) is 0 Å². The van der Waals surface area contributed by atoms with Gasteiger partial charge in [0, 0.05) is 17.8 Å². The van der Waals surface area contributed by atoms with E-state index >= 15 is 0 Å². The molecule has 0 bridgehead atoms. The number of rotatable bonds is 5. The summed E-state index contributed by atoms with van der Waals surface area (Å²) in [7, 11) is 0. The first-order valence-corrected chi connectivity index (χ1v) is 8.10. The Morgan fingerprint density at radius 1 is 0.720 bits per heavy atom. The molecule has 122 valence electrons. The molecule has 0 unspecified atom stereocenters. The fourth-order valence-electron chi connectivity index (χ4n) is 2.67. The number of hydrogen-bond acceptors (Lipinski definition) is 4. The second-order valence-corrected chi connectivity index (χ2v) is 5.73. The average Bonchev–Trinajstić information content (AvgIpc) is 3.23. The van der Waals surface area contributed by atoms with Crippen molar-refractivity contribution in [3.8, 4) is 22.5 Å². The molecule has 0 saturated carbocycles. The van der Waals surface area contributed by atoms with Gasteiger partial charge in [0.15, 0.2) is 0 Å². The molecule has 0 aliphatic carbocycles. The summed E-state index contributed by atoms with van der Waals surface area (Å²) in [4.78, 5) is 0. The van der Waals surface area contributed by atoms with Crippen LogP contribution < -0.4 is 5.32 Å². The minimum absolute atomic E-state index is 0.600. The van der Waals surface area contributed by atoms with Crippen LogP contribution in [0, 0.1) is 0 Å². The van der Waals surface area contributed by atoms with Crippen LogP contribution in [0.2, 0.25) is 0 Å². The third-order valence-corrected chi connectivity index (χ3v) is 4.05. The Kier molecular flexibility index (Phi) is 4.20. The molecule has 3 aromatic carbocycles. The number of anilines is 1. The van der Waals surface area contributed by atoms with E-state index in [4.69, 9.17) is 0 Å². The quantitative estimate of drug-likeness (QED) is 0.578. The van der Waals surface area contributed by atoms with Gasteiger partial charge >= 0.3 is 0 Å². The molecule has 0 aliphatic rings. The van der Waals surface area contributed by atoms with Gasteiger partial charge in [-0.25, -0.2) is 0 Å². The van der Waals surface area contributed by atoms with E-state index in [2.05, 4.69) is 74.5 Å². The highest BCUT2D eigenvalue weighted by Gasteiger charge is 2.02. The van der Waals surface area contributed by atoms with Crippen LogP contribution in [0.25, 0.3) is 22.5 Å². The van der Waals surface area contributed by atoms with Gasteiger partial charge in [0.05, 0.1) is 0 Å². The van der Waals surface area contributed by atoms with E-state index in [1.807, 2.05) is 30.3 Å². The molecule has 0 radical (unpaired) electrons. The number of benzene rings is 3. The number of aromatic amines is 1. The van der Waals surface area contributed by atoms with Crippen LogP contribution in [-0.2, 0) is 6.54 Å². The van der Waals surface area contributed by atoms with Crippen LogP contribution in [0.15, 0.2) is 78.9 Å². The van der Waals surface area contributed by atoms with E-state index in [-0.39, 0.29) is 0 Å². The molecule has 5 nitrogen and oxygen atoms in total. The van der Waals surface area contributed by atoms with Crippen molar-refractivity contribution in [2.75, 3.05) is 5.32 Å². The summed E-state index contributed by atoms with van der Waals surface area (Å²) >= 11 is 0. The molecule has 0 aliphatic heterocycles. The molecule has 4 aromatic rings. The smallest absolute Gasteiger partial charge is 0.204 e. The summed E-state index contributed by atoms with van der Waals surface area (Å²) in [6, 6.07) is 27.0. The Balaban J connectivity index is 1.40. The molecule has 2 N–H and O–H groups in total. The normalized spacial score (nSPS) is 10.6. The fraction of sp³-hybridized carbons (Fsp3) is 0.0500. The Morgan fingerprint density at radius 2 is 1.40 bits per heavy atom. The molecule has 5 heteroatoms. The predicted octanol–water partition coefficient (Wildman–Crippen LogP) is 4.15. The van der Waals surface area contributed by atoms with Gasteiger partial charge < -0.3 is 5.32 Å². The summed E-state index contributed by atoms with van der Waals surface area (Å²) < 4.78 is 0. The van der Waals surface area contributed by atoms with Gasteiger partial charge in [0.1, 0.15) is 0 Å². The number of nitrogens with one attached hydrogen (secondary N) is 2. The van der Waals surface area contributed by atoms with E-state index in [0.717, 1.165) is 17.8 Å². The van der Waals surface area contributed by atoms with Gasteiger partial charge in [-0.05, 0) is 46.2 Å². The van der Waals surface area contributed by atoms with Crippen molar-refractivity contribution in [2.45, 2.75) is 6.54 Å². The molecular weight excluding hydrogens is 310 g/mol. The molecule has 0 amide bonds. The SMILES string of the molecule is c1ccc(-c2ccc(CNc3ccc(-c4nn[nH]n4)cc3)cc2)cc1. The number of aromatic nitrogens is 4. The van der Waals surface area contributed by atoms with Crippen LogP contribution in [0.5, 0.6) is 0 Å². The third-order valence-electron chi connectivity index (χ3n) is 4.05. The lowest BCUT2D eigenvalue weighted by Crippen LogP contribution is -1.99. The molecule has 0 saturated heterocycles. The highest BCUT2D eigenvalue weighted by molar-refractivity contribution is 5.63. The predicted molar refractivity (Wildman–Crippen MR) is 98.8 cm³/mol. The zero-order chi connectivity index (χ0) is 16.9. The minimum Gasteiger partial charge on any atom is -0.381 e. The molecule has 4 rings (SSSR count). The van der Waals surface area contributed by atoms with Crippen molar-refractivity contribution in [1.82, 2.24) is 20.6 Å². The lowest BCUT2D eigenvalue weighted by Gasteiger charge is -2.08. The van der Waals surface area contributed by atoms with E-state index in [1.54, 1.807) is 0 Å². The zero-order valence-corrected chi connectivity index (χ0v) is 13.6. The number of hydrogen-bond donors (Lipinski definition) is 2. The highest BCUT2D eigenvalue weighted by Crippen LogP contribution is 2.20. The van der Waals surface area contributed by atoms with Crippen molar-refractivity contribution < 1.29 is 0 Å². The molecule has 0 fully saturated rings. The summed E-state index contributed by atoms with van der Waals surface area (Å²) in [6.07, 6.45) is 0. The van der Waals surface area contributed by atoms with Gasteiger partial charge in [0.25, 0.3) is 0 Å². The summed E-state index contributed by atoms with van der Waals surface area (Å²) in [5.74, 6) is 0.600. The van der Waals surface area contributed by atoms with Crippen LogP contribution in [0.4, 0.5) is 5.69 Å². The summed E-state index contributed by atoms with van der Waals surface area (Å²) in [6.45, 7) is 0.774. The Hall–Kier alpha value is -3.47. The first kappa shape index (κ1) is 15.1. The van der Waals surface area contributed by atoms with Gasteiger partial charge in [-0.15, -0.1) is 10.2 Å². The Morgan fingerprint density at radius 3 is 2.08 bits per heavy atom. The Labute approximate surface area is 145 Å². The van der Waals surface area contributed by atoms with E-state index in [0.29, 0.717) is 5.82 Å². The lowest BCUT2D eigenvalue weighted by atomic mass is 10.0. The van der Waals surface area contributed by atoms with Crippen molar-refractivity contribution in [1.29, 1.82) is 0 Å². The molecule has 25 heavy (non-hydrogen) atoms. The standard InChI is InChI=1S/C20H17N5/c1-2-4-16(5-3-1)17-8-6-15(7-9-17)14-21-19-12-10-18(11-13-19)20-22-24-25-23-20/h1-13,21H,14H2,(H,22,23,24,25). The maximum absolute atomic E-state index is 3.98. The molecule has 0 atom stereocenters. The molecule has 1 aromatic heterocycles. The highest BCUT2D eigenvalue weighted by atomic mass is 15.5. The van der Waals surface area contributed by atoms with E-state index in [1.165, 1.54) is 16.7 Å². The van der Waals surface area contributed by atoms with Crippen molar-refractivity contribution >= 4 is 5.69 Å².